The van der Waals surface area contributed by atoms with Crippen LogP contribution >= 0.6 is 0 Å². The van der Waals surface area contributed by atoms with Gasteiger partial charge in [0.25, 0.3) is 0 Å². The van der Waals surface area contributed by atoms with Crippen LogP contribution in [-0.2, 0) is 6.54 Å². The topological polar surface area (TPSA) is 73.1 Å². The summed E-state index contributed by atoms with van der Waals surface area (Å²) >= 11 is 0. The Kier molecular flexibility index (Phi) is 3.40. The minimum absolute atomic E-state index is 0.432. The Morgan fingerprint density at radius 3 is 2.94 bits per heavy atom. The molecular formula is C12H14N4O. The molecule has 0 aliphatic heterocycles. The van der Waals surface area contributed by atoms with Gasteiger partial charge in [0.15, 0.2) is 0 Å². The molecule has 0 fully saturated rings. The first kappa shape index (κ1) is 11.2. The molecule has 0 radical (unpaired) electrons. The lowest BCUT2D eigenvalue weighted by Crippen LogP contribution is -2.03. The molecule has 0 aromatic carbocycles. The zero-order valence-corrected chi connectivity index (χ0v) is 9.55. The number of rotatable bonds is 4. The predicted molar refractivity (Wildman–Crippen MR) is 66.8 cm³/mol. The Morgan fingerprint density at radius 1 is 1.35 bits per heavy atom. The summed E-state index contributed by atoms with van der Waals surface area (Å²) in [6, 6.07) is 7.47. The third-order valence-electron chi connectivity index (χ3n) is 2.28. The normalized spacial score (nSPS) is 9.94. The number of nitrogens with zero attached hydrogens (tertiary/aromatic N) is 2. The average Bonchev–Trinajstić information content (AvgIpc) is 2.39. The van der Waals surface area contributed by atoms with Gasteiger partial charge in [-0.2, -0.15) is 4.98 Å². The highest BCUT2D eigenvalue weighted by atomic mass is 16.5. The molecule has 0 atom stereocenters. The van der Waals surface area contributed by atoms with Gasteiger partial charge in [-0.3, -0.25) is 4.98 Å². The molecular weight excluding hydrogens is 216 g/mol. The second-order valence-electron chi connectivity index (χ2n) is 3.51. The zero-order valence-electron chi connectivity index (χ0n) is 9.55. The molecule has 0 spiro atoms. The summed E-state index contributed by atoms with van der Waals surface area (Å²) in [5.41, 5.74) is 7.30. The van der Waals surface area contributed by atoms with Gasteiger partial charge >= 0.3 is 0 Å². The molecule has 2 aromatic heterocycles. The first-order valence-corrected chi connectivity index (χ1v) is 5.23. The van der Waals surface area contributed by atoms with Gasteiger partial charge in [0.05, 0.1) is 12.8 Å². The monoisotopic (exact) mass is 230 g/mol. The number of aromatic nitrogens is 2. The minimum atomic E-state index is 0.432. The van der Waals surface area contributed by atoms with Gasteiger partial charge < -0.3 is 15.8 Å². The van der Waals surface area contributed by atoms with Crippen molar-refractivity contribution in [2.75, 3.05) is 18.2 Å². The molecule has 5 nitrogen and oxygen atoms in total. The standard InChI is InChI=1S/C12H14N4O/c1-17-12-10(13)4-5-11(16-12)15-8-9-3-2-6-14-7-9/h2-7H,8,13H2,1H3,(H,15,16). The van der Waals surface area contributed by atoms with E-state index in [9.17, 15) is 0 Å². The number of ether oxygens (including phenoxy) is 1. The van der Waals surface area contributed by atoms with Crippen molar-refractivity contribution in [1.82, 2.24) is 9.97 Å². The van der Waals surface area contributed by atoms with Crippen LogP contribution in [0.4, 0.5) is 11.5 Å². The quantitative estimate of drug-likeness (QED) is 0.836. The van der Waals surface area contributed by atoms with Crippen LogP contribution in [0.5, 0.6) is 5.88 Å². The molecule has 2 rings (SSSR count). The fraction of sp³-hybridized carbons (Fsp3) is 0.167. The molecule has 0 amide bonds. The van der Waals surface area contributed by atoms with Crippen LogP contribution in [0.2, 0.25) is 0 Å². The highest BCUT2D eigenvalue weighted by Crippen LogP contribution is 2.20. The molecule has 0 saturated carbocycles. The number of hydrogen-bond donors (Lipinski definition) is 2. The fourth-order valence-corrected chi connectivity index (χ4v) is 1.41. The third kappa shape index (κ3) is 2.84. The molecule has 88 valence electrons. The van der Waals surface area contributed by atoms with E-state index in [0.717, 1.165) is 11.4 Å². The van der Waals surface area contributed by atoms with Gasteiger partial charge in [-0.1, -0.05) is 6.07 Å². The van der Waals surface area contributed by atoms with Gasteiger partial charge in [0.2, 0.25) is 5.88 Å². The summed E-state index contributed by atoms with van der Waals surface area (Å²) in [7, 11) is 1.55. The van der Waals surface area contributed by atoms with Crippen molar-refractivity contribution < 1.29 is 4.74 Å². The second-order valence-corrected chi connectivity index (χ2v) is 3.51. The molecule has 0 aliphatic carbocycles. The van der Waals surface area contributed by atoms with Crippen molar-refractivity contribution in [2.45, 2.75) is 6.54 Å². The highest BCUT2D eigenvalue weighted by molar-refractivity contribution is 5.53. The van der Waals surface area contributed by atoms with Crippen molar-refractivity contribution in [3.63, 3.8) is 0 Å². The van der Waals surface area contributed by atoms with E-state index in [1.54, 1.807) is 19.4 Å². The van der Waals surface area contributed by atoms with E-state index in [1.165, 1.54) is 0 Å². The molecule has 3 N–H and O–H groups in total. The Labute approximate surface area is 99.7 Å². The van der Waals surface area contributed by atoms with Crippen molar-refractivity contribution in [2.24, 2.45) is 0 Å². The fourth-order valence-electron chi connectivity index (χ4n) is 1.41. The number of hydrogen-bond acceptors (Lipinski definition) is 5. The first-order valence-electron chi connectivity index (χ1n) is 5.23. The molecule has 0 unspecified atom stereocenters. The summed E-state index contributed by atoms with van der Waals surface area (Å²) in [5.74, 6) is 1.15. The Balaban J connectivity index is 2.04. The van der Waals surface area contributed by atoms with E-state index in [1.807, 2.05) is 24.4 Å². The maximum atomic E-state index is 5.68. The number of nitrogens with two attached hydrogens (primary N) is 1. The molecule has 5 heteroatoms. The lowest BCUT2D eigenvalue weighted by atomic mass is 10.3. The zero-order chi connectivity index (χ0) is 12.1. The van der Waals surface area contributed by atoms with E-state index in [4.69, 9.17) is 10.5 Å². The summed E-state index contributed by atoms with van der Waals surface area (Å²) in [4.78, 5) is 8.27. The summed E-state index contributed by atoms with van der Waals surface area (Å²) in [5, 5.41) is 3.18. The van der Waals surface area contributed by atoms with Crippen LogP contribution in [-0.4, -0.2) is 17.1 Å². The third-order valence-corrected chi connectivity index (χ3v) is 2.28. The first-order chi connectivity index (χ1) is 8.29. The molecule has 2 heterocycles. The van der Waals surface area contributed by atoms with Crippen LogP contribution < -0.4 is 15.8 Å². The number of methoxy groups -OCH3 is 1. The van der Waals surface area contributed by atoms with Crippen LogP contribution in [0.3, 0.4) is 0 Å². The highest BCUT2D eigenvalue weighted by Gasteiger charge is 2.02. The number of anilines is 2. The Hall–Kier alpha value is -2.30. The molecule has 17 heavy (non-hydrogen) atoms. The maximum absolute atomic E-state index is 5.68. The van der Waals surface area contributed by atoms with E-state index < -0.39 is 0 Å². The lowest BCUT2D eigenvalue weighted by molar-refractivity contribution is 0.401. The molecule has 0 saturated heterocycles. The Bertz CT molecular complexity index is 487. The summed E-state index contributed by atoms with van der Waals surface area (Å²) < 4.78 is 5.05. The van der Waals surface area contributed by atoms with E-state index in [0.29, 0.717) is 18.1 Å². The van der Waals surface area contributed by atoms with Crippen molar-refractivity contribution >= 4 is 11.5 Å². The van der Waals surface area contributed by atoms with Crippen LogP contribution in [0, 0.1) is 0 Å². The number of nitrogens with one attached hydrogen (secondary N) is 1. The largest absolute Gasteiger partial charge is 0.479 e. The number of nitrogen functional groups attached to an aromatic ring is 1. The summed E-state index contributed by atoms with van der Waals surface area (Å²) in [6.45, 7) is 0.661. The van der Waals surface area contributed by atoms with E-state index >= 15 is 0 Å². The lowest BCUT2D eigenvalue weighted by Gasteiger charge is -2.08. The average molecular weight is 230 g/mol. The SMILES string of the molecule is COc1nc(NCc2cccnc2)ccc1N. The molecule has 0 aliphatic rings. The molecule has 0 bridgehead atoms. The maximum Gasteiger partial charge on any atom is 0.238 e. The smallest absolute Gasteiger partial charge is 0.238 e. The predicted octanol–water partition coefficient (Wildman–Crippen LogP) is 1.68. The van der Waals surface area contributed by atoms with Gasteiger partial charge in [-0.25, -0.2) is 0 Å². The van der Waals surface area contributed by atoms with Gasteiger partial charge in [-0.15, -0.1) is 0 Å². The minimum Gasteiger partial charge on any atom is -0.479 e. The van der Waals surface area contributed by atoms with Crippen molar-refractivity contribution in [1.29, 1.82) is 0 Å². The van der Waals surface area contributed by atoms with Gasteiger partial charge in [-0.05, 0) is 23.8 Å². The van der Waals surface area contributed by atoms with Crippen molar-refractivity contribution in [3.05, 3.63) is 42.2 Å². The Morgan fingerprint density at radius 2 is 2.24 bits per heavy atom. The number of pyridine rings is 2. The molecule has 2 aromatic rings. The van der Waals surface area contributed by atoms with Gasteiger partial charge in [0, 0.05) is 18.9 Å². The van der Waals surface area contributed by atoms with Crippen LogP contribution in [0.1, 0.15) is 5.56 Å². The van der Waals surface area contributed by atoms with E-state index in [2.05, 4.69) is 15.3 Å². The van der Waals surface area contributed by atoms with Crippen molar-refractivity contribution in [3.8, 4) is 5.88 Å². The second kappa shape index (κ2) is 5.16. The van der Waals surface area contributed by atoms with E-state index in [-0.39, 0.29) is 0 Å². The van der Waals surface area contributed by atoms with Crippen LogP contribution in [0.15, 0.2) is 36.7 Å². The summed E-state index contributed by atoms with van der Waals surface area (Å²) in [6.07, 6.45) is 3.55. The van der Waals surface area contributed by atoms with Gasteiger partial charge in [0.1, 0.15) is 5.82 Å². The van der Waals surface area contributed by atoms with Crippen LogP contribution in [0.25, 0.3) is 0 Å².